The minimum absolute atomic E-state index is 0.0688. The highest BCUT2D eigenvalue weighted by Crippen LogP contribution is 2.38. The van der Waals surface area contributed by atoms with Crippen LogP contribution in [0.3, 0.4) is 0 Å². The van der Waals surface area contributed by atoms with Gasteiger partial charge >= 0.3 is 21.2 Å². The zero-order valence-electron chi connectivity index (χ0n) is 13.6. The summed E-state index contributed by atoms with van der Waals surface area (Å²) in [5.41, 5.74) is -2.93. The fourth-order valence-electron chi connectivity index (χ4n) is 2.31. The van der Waals surface area contributed by atoms with Gasteiger partial charge in [0.05, 0.1) is 11.1 Å². The molecule has 0 amide bonds. The van der Waals surface area contributed by atoms with Crippen LogP contribution in [0.2, 0.25) is 0 Å². The molecule has 0 aliphatic carbocycles. The van der Waals surface area contributed by atoms with E-state index in [1.807, 2.05) is 0 Å². The van der Waals surface area contributed by atoms with Crippen molar-refractivity contribution in [2.75, 3.05) is 14.2 Å². The smallest absolute Gasteiger partial charge is 0.386 e. The molecule has 2 rings (SSSR count). The molecule has 0 saturated carbocycles. The minimum atomic E-state index is -4.92. The summed E-state index contributed by atoms with van der Waals surface area (Å²) < 4.78 is 87.5. The van der Waals surface area contributed by atoms with Crippen LogP contribution in [0, 0.1) is 0 Å². The van der Waals surface area contributed by atoms with Crippen molar-refractivity contribution in [3.05, 3.63) is 53.6 Å². The summed E-state index contributed by atoms with van der Waals surface area (Å²) in [5.74, 6) is 0. The van der Waals surface area contributed by atoms with E-state index in [-0.39, 0.29) is 22.4 Å². The third kappa shape index (κ3) is 4.26. The number of hydrogen-bond acceptors (Lipinski definition) is 3. The van der Waals surface area contributed by atoms with Crippen LogP contribution >= 0.6 is 0 Å². The Morgan fingerprint density at radius 3 is 1.50 bits per heavy atom. The van der Waals surface area contributed by atoms with Gasteiger partial charge in [-0.3, -0.25) is 0 Å². The Balaban J connectivity index is 2.54. The lowest BCUT2D eigenvalue weighted by molar-refractivity contribution is -0.143. The van der Waals surface area contributed by atoms with Gasteiger partial charge in [-0.25, -0.2) is 0 Å². The van der Waals surface area contributed by atoms with Gasteiger partial charge in [0.1, 0.15) is 0 Å². The average Bonchev–Trinajstić information content (AvgIpc) is 2.59. The van der Waals surface area contributed by atoms with E-state index in [9.17, 15) is 31.1 Å². The standard InChI is InChI=1S/C16H14F6O3Si/c1-24-26(23,25-2)14-5-3-10(4-6-14)11-7-12(15(17,18)19)9-13(8-11)16(20,21)22/h3-9,23H,1-2H3. The fraction of sp³-hybridized carbons (Fsp3) is 0.250. The Morgan fingerprint density at radius 1 is 0.731 bits per heavy atom. The molecule has 0 bridgehead atoms. The van der Waals surface area contributed by atoms with Crippen molar-refractivity contribution in [1.82, 2.24) is 0 Å². The summed E-state index contributed by atoms with van der Waals surface area (Å²) in [6.45, 7) is 0. The second-order valence-electron chi connectivity index (χ2n) is 5.36. The van der Waals surface area contributed by atoms with Crippen molar-refractivity contribution >= 4 is 14.0 Å². The van der Waals surface area contributed by atoms with E-state index < -0.39 is 32.3 Å². The lowest BCUT2D eigenvalue weighted by Gasteiger charge is -2.20. The second kappa shape index (κ2) is 7.03. The van der Waals surface area contributed by atoms with Crippen molar-refractivity contribution in [3.63, 3.8) is 0 Å². The molecular formula is C16H14F6O3Si. The van der Waals surface area contributed by atoms with Gasteiger partial charge in [0.15, 0.2) is 0 Å². The molecule has 2 aromatic rings. The van der Waals surface area contributed by atoms with E-state index in [2.05, 4.69) is 0 Å². The molecule has 0 unspecified atom stereocenters. The summed E-state index contributed by atoms with van der Waals surface area (Å²) in [7, 11) is -1.18. The first kappa shape index (κ1) is 20.4. The second-order valence-corrected chi connectivity index (χ2v) is 7.92. The van der Waals surface area contributed by atoms with Crippen LogP contribution in [0.5, 0.6) is 0 Å². The molecule has 142 valence electrons. The predicted octanol–water partition coefficient (Wildman–Crippen LogP) is 3.82. The zero-order chi connectivity index (χ0) is 19.8. The topological polar surface area (TPSA) is 38.7 Å². The van der Waals surface area contributed by atoms with Crippen LogP contribution in [0.4, 0.5) is 26.3 Å². The van der Waals surface area contributed by atoms with Crippen LogP contribution in [0.25, 0.3) is 11.1 Å². The maximum Gasteiger partial charge on any atom is 0.533 e. The zero-order valence-corrected chi connectivity index (χ0v) is 14.6. The third-order valence-corrected chi connectivity index (χ3v) is 5.89. The Hall–Kier alpha value is -1.88. The molecule has 1 N–H and O–H groups in total. The minimum Gasteiger partial charge on any atom is -0.386 e. The summed E-state index contributed by atoms with van der Waals surface area (Å²) in [4.78, 5) is 10.2. The van der Waals surface area contributed by atoms with Crippen molar-refractivity contribution in [2.45, 2.75) is 12.4 Å². The maximum absolute atomic E-state index is 12.9. The number of alkyl halides is 6. The molecule has 0 fully saturated rings. The molecule has 0 radical (unpaired) electrons. The maximum atomic E-state index is 12.9. The molecule has 3 nitrogen and oxygen atoms in total. The third-order valence-electron chi connectivity index (χ3n) is 3.72. The Bertz CT molecular complexity index is 735. The van der Waals surface area contributed by atoms with Crippen molar-refractivity contribution in [1.29, 1.82) is 0 Å². The first-order valence-corrected chi connectivity index (χ1v) is 8.90. The Labute approximate surface area is 146 Å². The molecule has 0 aromatic heterocycles. The SMILES string of the molecule is CO[Si](O)(OC)c1ccc(-c2cc(C(F)(F)F)cc(C(F)(F)F)c2)cc1. The van der Waals surface area contributed by atoms with Crippen LogP contribution in [0.1, 0.15) is 11.1 Å². The van der Waals surface area contributed by atoms with E-state index in [0.29, 0.717) is 12.1 Å². The summed E-state index contributed by atoms with van der Waals surface area (Å²) in [6.07, 6.45) is -9.84. The Morgan fingerprint density at radius 2 is 1.15 bits per heavy atom. The van der Waals surface area contributed by atoms with Crippen molar-refractivity contribution < 1.29 is 40.0 Å². The highest BCUT2D eigenvalue weighted by molar-refractivity contribution is 6.74. The monoisotopic (exact) mass is 396 g/mol. The number of benzene rings is 2. The first-order valence-electron chi connectivity index (χ1n) is 7.14. The summed E-state index contributed by atoms with van der Waals surface area (Å²) >= 11 is 0. The van der Waals surface area contributed by atoms with Gasteiger partial charge in [-0.15, -0.1) is 0 Å². The molecule has 2 aromatic carbocycles. The van der Waals surface area contributed by atoms with E-state index >= 15 is 0 Å². The molecule has 0 saturated heterocycles. The lowest BCUT2D eigenvalue weighted by atomic mass is 9.99. The van der Waals surface area contributed by atoms with Crippen LogP contribution in [0.15, 0.2) is 42.5 Å². The van der Waals surface area contributed by atoms with Gasteiger partial charge < -0.3 is 13.6 Å². The normalized spacial score (nSPS) is 13.1. The lowest BCUT2D eigenvalue weighted by Crippen LogP contribution is -2.52. The van der Waals surface area contributed by atoms with Crippen LogP contribution in [-0.4, -0.2) is 27.8 Å². The average molecular weight is 396 g/mol. The number of hydrogen-bond donors (Lipinski definition) is 1. The predicted molar refractivity (Wildman–Crippen MR) is 83.5 cm³/mol. The highest BCUT2D eigenvalue weighted by Gasteiger charge is 2.38. The van der Waals surface area contributed by atoms with E-state index in [1.165, 1.54) is 38.5 Å². The molecule has 0 atom stereocenters. The van der Waals surface area contributed by atoms with Crippen LogP contribution < -0.4 is 5.19 Å². The summed E-state index contributed by atoms with van der Waals surface area (Å²) in [5, 5.41) is 0.259. The van der Waals surface area contributed by atoms with E-state index in [1.54, 1.807) is 0 Å². The molecule has 0 spiro atoms. The molecule has 26 heavy (non-hydrogen) atoms. The molecule has 0 aliphatic rings. The van der Waals surface area contributed by atoms with Gasteiger partial charge in [0.2, 0.25) is 0 Å². The molecule has 0 aliphatic heterocycles. The summed E-state index contributed by atoms with van der Waals surface area (Å²) in [6, 6.07) is 6.60. The first-order chi connectivity index (χ1) is 11.9. The van der Waals surface area contributed by atoms with Gasteiger partial charge in [-0.05, 0) is 29.3 Å². The largest absolute Gasteiger partial charge is 0.533 e. The highest BCUT2D eigenvalue weighted by atomic mass is 28.4. The van der Waals surface area contributed by atoms with Gasteiger partial charge in [-0.1, -0.05) is 24.3 Å². The van der Waals surface area contributed by atoms with Crippen molar-refractivity contribution in [2.24, 2.45) is 0 Å². The van der Waals surface area contributed by atoms with Gasteiger partial charge in [-0.2, -0.15) is 26.3 Å². The van der Waals surface area contributed by atoms with Crippen molar-refractivity contribution in [3.8, 4) is 11.1 Å². The van der Waals surface area contributed by atoms with E-state index in [0.717, 1.165) is 0 Å². The number of halogens is 6. The van der Waals surface area contributed by atoms with Crippen LogP contribution in [-0.2, 0) is 21.2 Å². The molecule has 10 heteroatoms. The Kier molecular flexibility index (Phi) is 5.52. The molecular weight excluding hydrogens is 382 g/mol. The van der Waals surface area contributed by atoms with Gasteiger partial charge in [0.25, 0.3) is 0 Å². The van der Waals surface area contributed by atoms with E-state index in [4.69, 9.17) is 8.85 Å². The van der Waals surface area contributed by atoms with Gasteiger partial charge in [0, 0.05) is 19.4 Å². The molecule has 0 heterocycles. The number of rotatable bonds is 4. The quantitative estimate of drug-likeness (QED) is 0.631. The fourth-order valence-corrected chi connectivity index (χ4v) is 3.54.